The lowest BCUT2D eigenvalue weighted by Crippen LogP contribution is -2.57. The molecule has 6 rings (SSSR count). The van der Waals surface area contributed by atoms with E-state index < -0.39 is 18.1 Å². The summed E-state index contributed by atoms with van der Waals surface area (Å²) in [6, 6.07) is 25.7. The van der Waals surface area contributed by atoms with Crippen molar-refractivity contribution in [2.75, 3.05) is 20.1 Å². The van der Waals surface area contributed by atoms with Gasteiger partial charge in [0.25, 0.3) is 0 Å². The Morgan fingerprint density at radius 3 is 2.36 bits per heavy atom. The number of aromatic nitrogens is 1. The van der Waals surface area contributed by atoms with E-state index in [2.05, 4.69) is 46.1 Å². The van der Waals surface area contributed by atoms with Gasteiger partial charge in [0.15, 0.2) is 0 Å². The minimum absolute atomic E-state index is 0.172. The number of nitrogens with one attached hydrogen (secondary N) is 4. The first-order valence-corrected chi connectivity index (χ1v) is 20.5. The number of nitrogens with zero attached hydrogens (tertiary/aromatic N) is 1. The van der Waals surface area contributed by atoms with Crippen LogP contribution >= 0.6 is 23.4 Å². The molecule has 0 aliphatic carbocycles. The number of H-pyrrole nitrogens is 1. The standard InChI is InChI=1S/C44H52ClN7O3S/c1-28-12-3-5-14-33(28)30-22-32-27-50-43(54)39(24-31-26-48-36-16-7-6-15-34(31)36)52(2)44(55)38(17-9-10-20-46)51-42(53)37(18-11-21-47)49-25-29-13-4-8-19-40(29)56-41(32)35(45)23-30/h3-8,12-16,19,22-23,26,37-39,48-49H,9-11,17-18,20-21,24-25,27,46-47H2,1-2H3,(H,50,54)(H,51,53). The molecule has 0 bridgehead atoms. The average Bonchev–Trinajstić information content (AvgIpc) is 3.62. The van der Waals surface area contributed by atoms with Crippen molar-refractivity contribution in [1.29, 1.82) is 0 Å². The van der Waals surface area contributed by atoms with Gasteiger partial charge in [0, 0.05) is 53.4 Å². The van der Waals surface area contributed by atoms with E-state index in [9.17, 15) is 14.4 Å². The number of unbranched alkanes of at least 4 members (excludes halogenated alkanes) is 1. The summed E-state index contributed by atoms with van der Waals surface area (Å²) >= 11 is 8.72. The molecule has 0 spiro atoms. The zero-order valence-corrected chi connectivity index (χ0v) is 33.6. The smallest absolute Gasteiger partial charge is 0.245 e. The van der Waals surface area contributed by atoms with Gasteiger partial charge in [-0.3, -0.25) is 14.4 Å². The number of fused-ring (bicyclic) bond motifs is 3. The number of halogens is 1. The molecule has 1 aromatic heterocycles. The third kappa shape index (κ3) is 9.83. The Morgan fingerprint density at radius 1 is 0.821 bits per heavy atom. The van der Waals surface area contributed by atoms with E-state index in [1.165, 1.54) is 16.7 Å². The molecule has 3 unspecified atom stereocenters. The number of aryl methyl sites for hydroxylation is 1. The van der Waals surface area contributed by atoms with Crippen LogP contribution in [0.4, 0.5) is 0 Å². The number of benzene rings is 4. The minimum Gasteiger partial charge on any atom is -0.361 e. The van der Waals surface area contributed by atoms with Crippen molar-refractivity contribution in [2.45, 2.75) is 86.5 Å². The van der Waals surface area contributed by atoms with Crippen molar-refractivity contribution in [2.24, 2.45) is 11.5 Å². The summed E-state index contributed by atoms with van der Waals surface area (Å²) in [5, 5.41) is 11.3. The Labute approximate surface area is 338 Å². The molecule has 0 radical (unpaired) electrons. The lowest BCUT2D eigenvalue weighted by Gasteiger charge is -2.32. The Balaban J connectivity index is 1.45. The van der Waals surface area contributed by atoms with Crippen LogP contribution in [0.25, 0.3) is 22.0 Å². The van der Waals surface area contributed by atoms with Crippen LogP contribution in [0, 0.1) is 6.92 Å². The zero-order valence-electron chi connectivity index (χ0n) is 32.1. The first-order valence-electron chi connectivity index (χ1n) is 19.4. The van der Waals surface area contributed by atoms with E-state index in [4.69, 9.17) is 23.1 Å². The molecule has 56 heavy (non-hydrogen) atoms. The topological polar surface area (TPSA) is 158 Å². The summed E-state index contributed by atoms with van der Waals surface area (Å²) in [7, 11) is 1.65. The van der Waals surface area contributed by atoms with Gasteiger partial charge in [-0.15, -0.1) is 0 Å². The largest absolute Gasteiger partial charge is 0.361 e. The highest BCUT2D eigenvalue weighted by Gasteiger charge is 2.34. The fraction of sp³-hybridized carbons (Fsp3) is 0.341. The molecule has 3 amide bonds. The highest BCUT2D eigenvalue weighted by Crippen LogP contribution is 2.41. The molecule has 3 atom stereocenters. The minimum atomic E-state index is -0.899. The average molecular weight is 794 g/mol. The van der Waals surface area contributed by atoms with E-state index in [1.54, 1.807) is 7.05 Å². The monoisotopic (exact) mass is 793 g/mol. The van der Waals surface area contributed by atoms with E-state index in [-0.39, 0.29) is 30.7 Å². The van der Waals surface area contributed by atoms with Crippen LogP contribution in [0.15, 0.2) is 101 Å². The number of rotatable bonds is 10. The molecule has 0 fully saturated rings. The number of nitrogens with two attached hydrogens (primary N) is 2. The SMILES string of the molecule is Cc1ccccc1-c1cc(Cl)c2c(c1)CNC(=O)C(Cc1c[nH]c3ccccc13)N(C)C(=O)C(CCCCN)NC(=O)C(CCCN)NCc1ccccc1S2. The van der Waals surface area contributed by atoms with E-state index in [0.717, 1.165) is 54.1 Å². The summed E-state index contributed by atoms with van der Waals surface area (Å²) in [6.45, 7) is 3.52. The van der Waals surface area contributed by atoms with Crippen LogP contribution in [0.5, 0.6) is 0 Å². The lowest BCUT2D eigenvalue weighted by atomic mass is 9.98. The second-order valence-electron chi connectivity index (χ2n) is 14.4. The number of hydrogen-bond donors (Lipinski definition) is 6. The third-order valence-electron chi connectivity index (χ3n) is 10.5. The summed E-state index contributed by atoms with van der Waals surface area (Å²) in [5.74, 6) is -0.954. The van der Waals surface area contributed by atoms with Gasteiger partial charge < -0.3 is 37.3 Å². The van der Waals surface area contributed by atoms with Crippen LogP contribution in [0.3, 0.4) is 0 Å². The maximum absolute atomic E-state index is 14.6. The number of carbonyl (C=O) groups excluding carboxylic acids is 3. The number of para-hydroxylation sites is 1. The first kappa shape index (κ1) is 41.0. The highest BCUT2D eigenvalue weighted by atomic mass is 35.5. The van der Waals surface area contributed by atoms with Crippen LogP contribution in [-0.2, 0) is 33.9 Å². The number of carbonyl (C=O) groups is 3. The molecule has 10 nitrogen and oxygen atoms in total. The van der Waals surface area contributed by atoms with Gasteiger partial charge in [-0.2, -0.15) is 0 Å². The van der Waals surface area contributed by atoms with Crippen molar-refractivity contribution in [3.8, 4) is 11.1 Å². The van der Waals surface area contributed by atoms with Gasteiger partial charge in [0.2, 0.25) is 17.7 Å². The Kier molecular flexibility index (Phi) is 14.3. The van der Waals surface area contributed by atoms with E-state index in [0.29, 0.717) is 56.8 Å². The van der Waals surface area contributed by atoms with Gasteiger partial charge in [0.05, 0.1) is 11.1 Å². The first-order chi connectivity index (χ1) is 27.2. The number of aromatic amines is 1. The van der Waals surface area contributed by atoms with Crippen molar-refractivity contribution in [3.05, 3.63) is 118 Å². The Hall–Kier alpha value is -4.65. The lowest BCUT2D eigenvalue weighted by molar-refractivity contribution is -0.142. The number of likely N-dealkylation sites (N-methyl/N-ethyl adjacent to an activating group) is 1. The molecule has 12 heteroatoms. The van der Waals surface area contributed by atoms with Gasteiger partial charge in [-0.05, 0) is 110 Å². The maximum Gasteiger partial charge on any atom is 0.245 e. The van der Waals surface area contributed by atoms with Gasteiger partial charge >= 0.3 is 0 Å². The van der Waals surface area contributed by atoms with Crippen LogP contribution in [0.1, 0.15) is 54.4 Å². The quantitative estimate of drug-likeness (QED) is 0.0887. The molecule has 5 aromatic rings. The van der Waals surface area contributed by atoms with Gasteiger partial charge in [-0.25, -0.2) is 0 Å². The molecular weight excluding hydrogens is 742 g/mol. The zero-order chi connectivity index (χ0) is 39.6. The number of amides is 3. The predicted molar refractivity (Wildman–Crippen MR) is 226 cm³/mol. The second-order valence-corrected chi connectivity index (χ2v) is 15.9. The van der Waals surface area contributed by atoms with E-state index >= 15 is 0 Å². The van der Waals surface area contributed by atoms with Crippen molar-refractivity contribution >= 4 is 52.0 Å². The molecule has 1 aliphatic rings. The third-order valence-corrected chi connectivity index (χ3v) is 12.2. The van der Waals surface area contributed by atoms with Crippen molar-refractivity contribution in [3.63, 3.8) is 0 Å². The molecule has 2 heterocycles. The summed E-state index contributed by atoms with van der Waals surface area (Å²) in [4.78, 5) is 49.8. The van der Waals surface area contributed by atoms with Gasteiger partial charge in [0.1, 0.15) is 12.1 Å². The second kappa shape index (κ2) is 19.5. The van der Waals surface area contributed by atoms with Crippen LogP contribution in [0.2, 0.25) is 5.02 Å². The van der Waals surface area contributed by atoms with Crippen molar-refractivity contribution in [1.82, 2.24) is 25.8 Å². The Bertz CT molecular complexity index is 2160. The number of hydrogen-bond acceptors (Lipinski definition) is 7. The highest BCUT2D eigenvalue weighted by molar-refractivity contribution is 7.99. The predicted octanol–water partition coefficient (Wildman–Crippen LogP) is 6.46. The summed E-state index contributed by atoms with van der Waals surface area (Å²) < 4.78 is 0. The molecule has 0 saturated heterocycles. The van der Waals surface area contributed by atoms with Crippen LogP contribution in [-0.4, -0.2) is 65.9 Å². The molecule has 4 aromatic carbocycles. The molecule has 1 aliphatic heterocycles. The molecule has 8 N–H and O–H groups in total. The van der Waals surface area contributed by atoms with E-state index in [1.807, 2.05) is 72.9 Å². The fourth-order valence-electron chi connectivity index (χ4n) is 7.33. The molecule has 294 valence electrons. The maximum atomic E-state index is 14.6. The van der Waals surface area contributed by atoms with Gasteiger partial charge in [-0.1, -0.05) is 84.0 Å². The summed E-state index contributed by atoms with van der Waals surface area (Å²) in [6.07, 6.45) is 4.95. The normalized spacial score (nSPS) is 18.6. The van der Waals surface area contributed by atoms with Crippen molar-refractivity contribution < 1.29 is 14.4 Å². The summed E-state index contributed by atoms with van der Waals surface area (Å²) in [5.41, 5.74) is 18.5. The Morgan fingerprint density at radius 2 is 1.55 bits per heavy atom. The molecule has 0 saturated carbocycles. The van der Waals surface area contributed by atoms with Crippen LogP contribution < -0.4 is 27.4 Å². The fourth-order valence-corrected chi connectivity index (χ4v) is 8.74. The molecular formula is C44H52ClN7O3S.